The highest BCUT2D eigenvalue weighted by Crippen LogP contribution is 2.35. The third kappa shape index (κ3) is 2.83. The Balaban J connectivity index is 2.39. The molecule has 0 aromatic heterocycles. The number of hydrogen-bond donors (Lipinski definition) is 1. The molecule has 2 atom stereocenters. The van der Waals surface area contributed by atoms with Crippen molar-refractivity contribution >= 4 is 34.5 Å². The fourth-order valence-electron chi connectivity index (χ4n) is 0.952. The van der Waals surface area contributed by atoms with Gasteiger partial charge in [0.1, 0.15) is 0 Å². The molecule has 1 saturated heterocycles. The molecular weight excluding hydrogens is 196 g/mol. The molecule has 2 unspecified atom stereocenters. The summed E-state index contributed by atoms with van der Waals surface area (Å²) in [5.41, 5.74) is 0. The smallest absolute Gasteiger partial charge is 0.0862 e. The van der Waals surface area contributed by atoms with E-state index in [0.717, 1.165) is 17.9 Å². The Morgan fingerprint density at radius 2 is 2.27 bits per heavy atom. The van der Waals surface area contributed by atoms with Crippen LogP contribution in [0.25, 0.3) is 0 Å². The van der Waals surface area contributed by atoms with Crippen LogP contribution in [0, 0.1) is 18.3 Å². The summed E-state index contributed by atoms with van der Waals surface area (Å²) in [6.07, 6.45) is 6.27. The van der Waals surface area contributed by atoms with Crippen LogP contribution < -0.4 is 0 Å². The molecule has 0 radical (unpaired) electrons. The monoisotopic (exact) mass is 206 g/mol. The minimum absolute atomic E-state index is 0.237. The number of rotatable bonds is 2. The molecule has 1 aliphatic rings. The first kappa shape index (κ1) is 9.66. The van der Waals surface area contributed by atoms with Gasteiger partial charge in [-0.15, -0.1) is 12.3 Å². The van der Waals surface area contributed by atoms with Gasteiger partial charge in [-0.3, -0.25) is 0 Å². The first-order chi connectivity index (χ1) is 5.38. The van der Waals surface area contributed by atoms with Gasteiger partial charge in [-0.1, -0.05) is 21.6 Å². The second kappa shape index (κ2) is 5.26. The van der Waals surface area contributed by atoms with Crippen molar-refractivity contribution in [2.24, 2.45) is 5.92 Å². The molecule has 1 nitrogen and oxygen atoms in total. The summed E-state index contributed by atoms with van der Waals surface area (Å²) >= 11 is 3.82. The van der Waals surface area contributed by atoms with E-state index in [1.54, 1.807) is 0 Å². The van der Waals surface area contributed by atoms with Gasteiger partial charge in [0.2, 0.25) is 0 Å². The summed E-state index contributed by atoms with van der Waals surface area (Å²) in [5, 5.41) is 0. The van der Waals surface area contributed by atoms with Gasteiger partial charge in [-0.2, -0.15) is 0 Å². The lowest BCUT2D eigenvalue weighted by atomic mass is 10.0. The van der Waals surface area contributed by atoms with Gasteiger partial charge in [-0.05, 0) is 12.9 Å². The highest BCUT2D eigenvalue weighted by molar-refractivity contribution is 8.76. The van der Waals surface area contributed by atoms with E-state index in [0.29, 0.717) is 5.92 Å². The quantitative estimate of drug-likeness (QED) is 0.321. The summed E-state index contributed by atoms with van der Waals surface area (Å²) < 4.78 is 5.02. The molecule has 0 aromatic rings. The van der Waals surface area contributed by atoms with Crippen LogP contribution >= 0.6 is 34.5 Å². The Morgan fingerprint density at radius 3 is 2.91 bits per heavy atom. The maximum absolute atomic E-state index is 5.23. The molecule has 1 rings (SSSR count). The number of hydrogen-bond acceptors (Lipinski definition) is 4. The van der Waals surface area contributed by atoms with Crippen molar-refractivity contribution in [3.05, 3.63) is 0 Å². The minimum Gasteiger partial charge on any atom is -0.314 e. The molecule has 0 amide bonds. The van der Waals surface area contributed by atoms with E-state index in [1.165, 1.54) is 0 Å². The van der Waals surface area contributed by atoms with Crippen LogP contribution in [0.1, 0.15) is 6.42 Å². The zero-order chi connectivity index (χ0) is 8.10. The van der Waals surface area contributed by atoms with Crippen molar-refractivity contribution in [2.45, 2.75) is 12.5 Å². The first-order valence-electron chi connectivity index (χ1n) is 3.36. The predicted octanol–water partition coefficient (Wildman–Crippen LogP) is 2.25. The summed E-state index contributed by atoms with van der Waals surface area (Å²) in [7, 11) is 3.70. The summed E-state index contributed by atoms with van der Waals surface area (Å²) in [6, 6.07) is 0. The molecule has 0 bridgehead atoms. The summed E-state index contributed by atoms with van der Waals surface area (Å²) in [4.78, 5) is 0. The van der Waals surface area contributed by atoms with Crippen LogP contribution in [-0.2, 0) is 4.18 Å². The predicted molar refractivity (Wildman–Crippen MR) is 55.7 cm³/mol. The molecule has 0 saturated carbocycles. The van der Waals surface area contributed by atoms with Crippen LogP contribution in [0.3, 0.4) is 0 Å². The highest BCUT2D eigenvalue weighted by Gasteiger charge is 2.25. The zero-order valence-electron chi connectivity index (χ0n) is 6.03. The SMILES string of the molecule is C#CCC1CSSCC1OS. The average Bonchev–Trinajstić information content (AvgIpc) is 2.06. The molecule has 4 heteroatoms. The van der Waals surface area contributed by atoms with Gasteiger partial charge in [0.25, 0.3) is 0 Å². The van der Waals surface area contributed by atoms with Crippen molar-refractivity contribution in [3.8, 4) is 12.3 Å². The van der Waals surface area contributed by atoms with E-state index in [-0.39, 0.29) is 6.10 Å². The summed E-state index contributed by atoms with van der Waals surface area (Å²) in [5.74, 6) is 5.24. The van der Waals surface area contributed by atoms with Crippen molar-refractivity contribution in [1.29, 1.82) is 0 Å². The van der Waals surface area contributed by atoms with Crippen LogP contribution in [0.4, 0.5) is 0 Å². The molecular formula is C7H10OS3. The Hall–Kier alpha value is 0.570. The van der Waals surface area contributed by atoms with Gasteiger partial charge in [0.15, 0.2) is 0 Å². The number of terminal acetylenes is 1. The Kier molecular flexibility index (Phi) is 4.61. The van der Waals surface area contributed by atoms with Gasteiger partial charge in [-0.25, -0.2) is 0 Å². The van der Waals surface area contributed by atoms with Gasteiger partial charge in [0.05, 0.1) is 6.10 Å². The molecule has 0 N–H and O–H groups in total. The topological polar surface area (TPSA) is 9.23 Å². The van der Waals surface area contributed by atoms with Crippen molar-refractivity contribution in [3.63, 3.8) is 0 Å². The lowest BCUT2D eigenvalue weighted by Gasteiger charge is -2.26. The van der Waals surface area contributed by atoms with E-state index >= 15 is 0 Å². The Morgan fingerprint density at radius 1 is 1.55 bits per heavy atom. The van der Waals surface area contributed by atoms with E-state index in [1.807, 2.05) is 21.6 Å². The van der Waals surface area contributed by atoms with E-state index in [2.05, 4.69) is 18.8 Å². The summed E-state index contributed by atoms with van der Waals surface area (Å²) in [6.45, 7) is 0. The standard InChI is InChI=1S/C7H10OS3/c1-2-3-6-4-10-11-5-7(6)8-9/h1,6-7,9H,3-5H2. The third-order valence-electron chi connectivity index (χ3n) is 1.64. The van der Waals surface area contributed by atoms with Crippen LogP contribution in [0.2, 0.25) is 0 Å². The third-order valence-corrected chi connectivity index (χ3v) is 4.42. The number of thiol groups is 1. The van der Waals surface area contributed by atoms with Gasteiger partial charge >= 0.3 is 0 Å². The Labute approximate surface area is 81.0 Å². The maximum atomic E-state index is 5.23. The minimum atomic E-state index is 0.237. The molecule has 1 heterocycles. The fraction of sp³-hybridized carbons (Fsp3) is 0.714. The molecule has 11 heavy (non-hydrogen) atoms. The highest BCUT2D eigenvalue weighted by atomic mass is 33.1. The van der Waals surface area contributed by atoms with Crippen LogP contribution in [0.15, 0.2) is 0 Å². The lowest BCUT2D eigenvalue weighted by Crippen LogP contribution is -2.28. The van der Waals surface area contributed by atoms with Crippen molar-refractivity contribution < 1.29 is 4.18 Å². The second-order valence-corrected chi connectivity index (χ2v) is 5.14. The molecule has 0 spiro atoms. The van der Waals surface area contributed by atoms with E-state index in [9.17, 15) is 0 Å². The fourth-order valence-corrected chi connectivity index (χ4v) is 3.98. The maximum Gasteiger partial charge on any atom is 0.0862 e. The zero-order valence-corrected chi connectivity index (χ0v) is 8.55. The van der Waals surface area contributed by atoms with Gasteiger partial charge in [0, 0.05) is 23.8 Å². The van der Waals surface area contributed by atoms with E-state index < -0.39 is 0 Å². The molecule has 0 aromatic carbocycles. The largest absolute Gasteiger partial charge is 0.314 e. The average molecular weight is 206 g/mol. The second-order valence-electron chi connectivity index (χ2n) is 2.38. The van der Waals surface area contributed by atoms with E-state index in [4.69, 9.17) is 10.6 Å². The normalized spacial score (nSPS) is 31.3. The van der Waals surface area contributed by atoms with Crippen molar-refractivity contribution in [2.75, 3.05) is 11.5 Å². The Bertz CT molecular complexity index is 154. The lowest BCUT2D eigenvalue weighted by molar-refractivity contribution is 0.207. The molecule has 62 valence electrons. The van der Waals surface area contributed by atoms with Crippen LogP contribution in [0.5, 0.6) is 0 Å². The molecule has 0 aliphatic carbocycles. The van der Waals surface area contributed by atoms with Gasteiger partial charge < -0.3 is 4.18 Å². The van der Waals surface area contributed by atoms with Crippen molar-refractivity contribution in [1.82, 2.24) is 0 Å². The first-order valence-corrected chi connectivity index (χ1v) is 6.22. The molecule has 1 fully saturated rings. The van der Waals surface area contributed by atoms with Crippen LogP contribution in [-0.4, -0.2) is 17.6 Å². The molecule has 1 aliphatic heterocycles.